The zero-order valence-corrected chi connectivity index (χ0v) is 16.4. The van der Waals surface area contributed by atoms with E-state index in [9.17, 15) is 5.11 Å². The largest absolute Gasteiger partial charge is 0.388 e. The first-order chi connectivity index (χ1) is 11.4. The summed E-state index contributed by atoms with van der Waals surface area (Å²) in [5, 5.41) is 10.3. The quantitative estimate of drug-likeness (QED) is 0.642. The Balaban J connectivity index is 1.61. The van der Waals surface area contributed by atoms with E-state index < -0.39 is 0 Å². The van der Waals surface area contributed by atoms with Gasteiger partial charge in [-0.25, -0.2) is 0 Å². The summed E-state index contributed by atoms with van der Waals surface area (Å²) >= 11 is 3.69. The number of alkyl halides is 1. The van der Waals surface area contributed by atoms with Crippen molar-refractivity contribution in [3.8, 4) is 0 Å². The van der Waals surface area contributed by atoms with Gasteiger partial charge in [-0.15, -0.1) is 0 Å². The van der Waals surface area contributed by atoms with Gasteiger partial charge in [0.25, 0.3) is 0 Å². The Kier molecular flexibility index (Phi) is 3.34. The fraction of sp³-hybridized carbons (Fsp3) is 0.810. The zero-order chi connectivity index (χ0) is 16.7. The van der Waals surface area contributed by atoms with E-state index in [0.29, 0.717) is 11.3 Å². The standard InChI is InChI=1S/C21H29BrO2/c1-3-13-4-5-18-19(13,2)7-6-14-10-15-11-17(23)16(22)12-20(15)8-9-21(14,18)24-20/h10-11,13,16-18,23H,3-9,12H2,1-2H3. The predicted octanol–water partition coefficient (Wildman–Crippen LogP) is 4.91. The van der Waals surface area contributed by atoms with E-state index in [-0.39, 0.29) is 22.1 Å². The molecule has 3 aliphatic carbocycles. The van der Waals surface area contributed by atoms with E-state index in [1.807, 2.05) is 0 Å². The van der Waals surface area contributed by atoms with Gasteiger partial charge in [0.05, 0.1) is 17.3 Å². The summed E-state index contributed by atoms with van der Waals surface area (Å²) in [4.78, 5) is 0.119. The molecule has 1 N–H and O–H groups in total. The average Bonchev–Trinajstić information content (AvgIpc) is 3.05. The van der Waals surface area contributed by atoms with Crippen LogP contribution in [0.4, 0.5) is 0 Å². The molecule has 5 aliphatic rings. The topological polar surface area (TPSA) is 29.5 Å². The molecule has 0 amide bonds. The molecule has 7 unspecified atom stereocenters. The first kappa shape index (κ1) is 16.1. The second-order valence-electron chi connectivity index (χ2n) is 9.23. The van der Waals surface area contributed by atoms with Crippen LogP contribution in [-0.2, 0) is 4.74 Å². The Morgan fingerprint density at radius 2 is 2.12 bits per heavy atom. The number of rotatable bonds is 1. The molecule has 0 aromatic heterocycles. The van der Waals surface area contributed by atoms with Gasteiger partial charge in [-0.3, -0.25) is 0 Å². The molecule has 2 spiro atoms. The third-order valence-corrected chi connectivity index (χ3v) is 9.31. The molecule has 132 valence electrons. The van der Waals surface area contributed by atoms with E-state index in [1.165, 1.54) is 44.1 Å². The van der Waals surface area contributed by atoms with Gasteiger partial charge in [-0.2, -0.15) is 0 Å². The van der Waals surface area contributed by atoms with Crippen molar-refractivity contribution < 1.29 is 9.84 Å². The molecule has 2 heterocycles. The SMILES string of the molecule is CCC1CCC2C34CCC5(CC(Br)C(O)C=C5C=C3CCC12C)O4. The van der Waals surface area contributed by atoms with Crippen molar-refractivity contribution in [2.45, 2.75) is 87.3 Å². The molecule has 1 saturated heterocycles. The number of halogens is 1. The predicted molar refractivity (Wildman–Crippen MR) is 99.1 cm³/mol. The normalized spacial score (nSPS) is 55.3. The maximum Gasteiger partial charge on any atom is 0.0954 e. The molecule has 2 aliphatic heterocycles. The molecule has 3 fully saturated rings. The molecule has 2 bridgehead atoms. The van der Waals surface area contributed by atoms with Gasteiger partial charge >= 0.3 is 0 Å². The Morgan fingerprint density at radius 3 is 2.92 bits per heavy atom. The van der Waals surface area contributed by atoms with E-state index >= 15 is 0 Å². The Morgan fingerprint density at radius 1 is 1.29 bits per heavy atom. The third-order valence-electron chi connectivity index (χ3n) is 8.44. The number of aliphatic hydroxyl groups excluding tert-OH is 1. The zero-order valence-electron chi connectivity index (χ0n) is 14.9. The lowest BCUT2D eigenvalue weighted by Gasteiger charge is -2.55. The van der Waals surface area contributed by atoms with Crippen LogP contribution in [0, 0.1) is 17.3 Å². The minimum absolute atomic E-state index is 0.00325. The molecular formula is C21H29BrO2. The van der Waals surface area contributed by atoms with E-state index in [2.05, 4.69) is 41.9 Å². The molecular weight excluding hydrogens is 364 g/mol. The van der Waals surface area contributed by atoms with Crippen LogP contribution in [0.1, 0.15) is 65.2 Å². The van der Waals surface area contributed by atoms with Gasteiger partial charge in [-0.05, 0) is 79.4 Å². The van der Waals surface area contributed by atoms with Crippen LogP contribution in [-0.4, -0.2) is 27.2 Å². The van der Waals surface area contributed by atoms with E-state index in [1.54, 1.807) is 5.57 Å². The van der Waals surface area contributed by atoms with Crippen molar-refractivity contribution in [1.29, 1.82) is 0 Å². The summed E-state index contributed by atoms with van der Waals surface area (Å²) in [6, 6.07) is 0. The lowest BCUT2D eigenvalue weighted by Crippen LogP contribution is -2.55. The van der Waals surface area contributed by atoms with Crippen LogP contribution in [0.5, 0.6) is 0 Å². The Bertz CT molecular complexity index is 640. The van der Waals surface area contributed by atoms with Crippen molar-refractivity contribution in [1.82, 2.24) is 0 Å². The first-order valence-corrected chi connectivity index (χ1v) is 10.8. The second-order valence-corrected chi connectivity index (χ2v) is 10.4. The van der Waals surface area contributed by atoms with Crippen molar-refractivity contribution in [3.05, 3.63) is 23.3 Å². The fourth-order valence-corrected chi connectivity index (χ4v) is 7.85. The lowest BCUT2D eigenvalue weighted by atomic mass is 9.56. The van der Waals surface area contributed by atoms with Crippen molar-refractivity contribution in [3.63, 3.8) is 0 Å². The smallest absolute Gasteiger partial charge is 0.0954 e. The number of aliphatic hydroxyl groups is 1. The molecule has 0 aromatic rings. The highest BCUT2D eigenvalue weighted by Crippen LogP contribution is 2.68. The van der Waals surface area contributed by atoms with E-state index in [0.717, 1.165) is 18.8 Å². The Hall–Kier alpha value is -0.120. The summed E-state index contributed by atoms with van der Waals surface area (Å²) in [6.45, 7) is 4.93. The monoisotopic (exact) mass is 392 g/mol. The van der Waals surface area contributed by atoms with Gasteiger partial charge in [0.2, 0.25) is 0 Å². The van der Waals surface area contributed by atoms with E-state index in [4.69, 9.17) is 4.74 Å². The van der Waals surface area contributed by atoms with Crippen molar-refractivity contribution in [2.24, 2.45) is 17.3 Å². The van der Waals surface area contributed by atoms with Crippen LogP contribution >= 0.6 is 15.9 Å². The Labute approximate surface area is 153 Å². The van der Waals surface area contributed by atoms with Crippen LogP contribution in [0.25, 0.3) is 0 Å². The molecule has 5 rings (SSSR count). The summed E-state index contributed by atoms with van der Waals surface area (Å²) in [7, 11) is 0. The first-order valence-electron chi connectivity index (χ1n) is 9.89. The fourth-order valence-electron chi connectivity index (χ4n) is 7.18. The van der Waals surface area contributed by atoms with Gasteiger partial charge in [0.15, 0.2) is 0 Å². The molecule has 0 radical (unpaired) electrons. The maximum absolute atomic E-state index is 10.3. The third kappa shape index (κ3) is 1.80. The van der Waals surface area contributed by atoms with Gasteiger partial charge in [0, 0.05) is 4.83 Å². The van der Waals surface area contributed by atoms with Crippen molar-refractivity contribution >= 4 is 15.9 Å². The highest BCUT2D eigenvalue weighted by atomic mass is 79.9. The van der Waals surface area contributed by atoms with Crippen LogP contribution in [0.3, 0.4) is 0 Å². The molecule has 2 saturated carbocycles. The number of fused-ring (bicyclic) bond motifs is 1. The van der Waals surface area contributed by atoms with Crippen molar-refractivity contribution in [2.75, 3.05) is 0 Å². The minimum atomic E-state index is -0.385. The summed E-state index contributed by atoms with van der Waals surface area (Å²) in [5.41, 5.74) is 3.13. The molecule has 0 aromatic carbocycles. The summed E-state index contributed by atoms with van der Waals surface area (Å²) in [5.74, 6) is 1.56. The maximum atomic E-state index is 10.3. The minimum Gasteiger partial charge on any atom is -0.388 e. The number of hydrogen-bond donors (Lipinski definition) is 1. The van der Waals surface area contributed by atoms with Crippen LogP contribution < -0.4 is 0 Å². The highest BCUT2D eigenvalue weighted by molar-refractivity contribution is 9.09. The lowest BCUT2D eigenvalue weighted by molar-refractivity contribution is -0.145. The highest BCUT2D eigenvalue weighted by Gasteiger charge is 2.66. The summed E-state index contributed by atoms with van der Waals surface area (Å²) < 4.78 is 7.09. The molecule has 7 atom stereocenters. The molecule has 3 heteroatoms. The summed E-state index contributed by atoms with van der Waals surface area (Å²) in [6.07, 6.45) is 13.9. The van der Waals surface area contributed by atoms with Gasteiger partial charge < -0.3 is 9.84 Å². The molecule has 24 heavy (non-hydrogen) atoms. The number of ether oxygens (including phenoxy) is 1. The average molecular weight is 393 g/mol. The van der Waals surface area contributed by atoms with Gasteiger partial charge in [-0.1, -0.05) is 42.3 Å². The van der Waals surface area contributed by atoms with Crippen LogP contribution in [0.2, 0.25) is 0 Å². The van der Waals surface area contributed by atoms with Gasteiger partial charge in [0.1, 0.15) is 0 Å². The van der Waals surface area contributed by atoms with Crippen LogP contribution in [0.15, 0.2) is 23.3 Å². The molecule has 2 nitrogen and oxygen atoms in total. The number of hydrogen-bond acceptors (Lipinski definition) is 2. The second kappa shape index (κ2) is 4.98.